The molecule has 130 valence electrons. The zero-order chi connectivity index (χ0) is 17.8. The Morgan fingerprint density at radius 1 is 1.28 bits per heavy atom. The van der Waals surface area contributed by atoms with Crippen molar-refractivity contribution in [2.24, 2.45) is 5.92 Å². The summed E-state index contributed by atoms with van der Waals surface area (Å²) < 4.78 is 0. The molecular formula is C16H16ClN5O3. The van der Waals surface area contributed by atoms with E-state index in [0.29, 0.717) is 23.2 Å². The van der Waals surface area contributed by atoms with Crippen molar-refractivity contribution < 1.29 is 9.72 Å². The number of halogens is 1. The van der Waals surface area contributed by atoms with Gasteiger partial charge < -0.3 is 10.2 Å². The van der Waals surface area contributed by atoms with E-state index in [-0.39, 0.29) is 17.5 Å². The van der Waals surface area contributed by atoms with Gasteiger partial charge in [0.25, 0.3) is 5.69 Å². The van der Waals surface area contributed by atoms with Crippen molar-refractivity contribution >= 4 is 34.8 Å². The number of nitrogens with zero attached hydrogens (tertiary/aromatic N) is 4. The lowest BCUT2D eigenvalue weighted by atomic mass is 9.97. The zero-order valence-electron chi connectivity index (χ0n) is 13.3. The minimum absolute atomic E-state index is 0.0520. The number of carbonyl (C=O) groups excluding carboxylic acids is 1. The summed E-state index contributed by atoms with van der Waals surface area (Å²) in [6, 6.07) is 6.35. The molecule has 0 spiro atoms. The Hall–Kier alpha value is -2.74. The summed E-state index contributed by atoms with van der Waals surface area (Å²) in [5.41, 5.74) is -0.0520. The van der Waals surface area contributed by atoms with Gasteiger partial charge in [-0.05, 0) is 31.0 Å². The van der Waals surface area contributed by atoms with Crippen molar-refractivity contribution in [3.63, 3.8) is 0 Å². The van der Waals surface area contributed by atoms with Crippen LogP contribution in [-0.4, -0.2) is 33.9 Å². The summed E-state index contributed by atoms with van der Waals surface area (Å²) in [4.78, 5) is 32.8. The molecule has 1 amide bonds. The highest BCUT2D eigenvalue weighted by atomic mass is 35.5. The Morgan fingerprint density at radius 2 is 2.12 bits per heavy atom. The van der Waals surface area contributed by atoms with Crippen molar-refractivity contribution in [1.82, 2.24) is 9.97 Å². The van der Waals surface area contributed by atoms with Gasteiger partial charge in [0.1, 0.15) is 17.8 Å². The first-order valence-electron chi connectivity index (χ1n) is 7.81. The number of hydrogen-bond donors (Lipinski definition) is 1. The summed E-state index contributed by atoms with van der Waals surface area (Å²) in [6.07, 6.45) is 4.31. The first-order chi connectivity index (χ1) is 12.0. The number of hydrogen-bond acceptors (Lipinski definition) is 6. The molecule has 1 saturated heterocycles. The van der Waals surface area contributed by atoms with Gasteiger partial charge in [-0.1, -0.05) is 11.6 Å². The minimum Gasteiger partial charge on any atom is -0.356 e. The van der Waals surface area contributed by atoms with Crippen LogP contribution in [-0.2, 0) is 4.79 Å². The van der Waals surface area contributed by atoms with Crippen LogP contribution in [0, 0.1) is 16.0 Å². The van der Waals surface area contributed by atoms with E-state index in [2.05, 4.69) is 15.3 Å². The maximum Gasteiger partial charge on any atom is 0.287 e. The molecule has 1 unspecified atom stereocenters. The summed E-state index contributed by atoms with van der Waals surface area (Å²) in [7, 11) is 0. The number of amides is 1. The summed E-state index contributed by atoms with van der Waals surface area (Å²) in [6.45, 7) is 1.26. The van der Waals surface area contributed by atoms with Crippen LogP contribution < -0.4 is 10.2 Å². The quantitative estimate of drug-likeness (QED) is 0.663. The molecule has 1 N–H and O–H groups in total. The van der Waals surface area contributed by atoms with Gasteiger partial charge in [0.05, 0.1) is 15.9 Å². The van der Waals surface area contributed by atoms with E-state index in [0.717, 1.165) is 19.4 Å². The monoisotopic (exact) mass is 361 g/mol. The molecule has 2 aromatic rings. The number of carbonyl (C=O) groups is 1. The van der Waals surface area contributed by atoms with Crippen LogP contribution >= 0.6 is 11.6 Å². The molecule has 8 nitrogen and oxygen atoms in total. The molecule has 1 aliphatic rings. The molecule has 25 heavy (non-hydrogen) atoms. The van der Waals surface area contributed by atoms with Crippen LogP contribution in [0.4, 0.5) is 17.3 Å². The molecule has 0 radical (unpaired) electrons. The SMILES string of the molecule is O=C(Nc1ccc(Cl)cn1)C1CCCN(c2ccc([N+](=O)[O-])cn2)C1. The van der Waals surface area contributed by atoms with E-state index in [1.54, 1.807) is 18.2 Å². The van der Waals surface area contributed by atoms with Crippen LogP contribution in [0.25, 0.3) is 0 Å². The number of nitrogens with one attached hydrogen (secondary N) is 1. The summed E-state index contributed by atoms with van der Waals surface area (Å²) >= 11 is 5.78. The highest BCUT2D eigenvalue weighted by Gasteiger charge is 2.27. The van der Waals surface area contributed by atoms with Crippen LogP contribution in [0.15, 0.2) is 36.7 Å². The van der Waals surface area contributed by atoms with Gasteiger partial charge in [0.2, 0.25) is 5.91 Å². The fourth-order valence-corrected chi connectivity index (χ4v) is 2.86. The molecule has 1 atom stereocenters. The van der Waals surface area contributed by atoms with E-state index >= 15 is 0 Å². The standard InChI is InChI=1S/C16H16ClN5O3/c17-12-3-5-14(18-8-12)20-16(23)11-2-1-7-21(10-11)15-6-4-13(9-19-15)22(24)25/h3-6,8-9,11H,1-2,7,10H2,(H,18,20,23). The van der Waals surface area contributed by atoms with Crippen molar-refractivity contribution in [3.05, 3.63) is 51.8 Å². The molecule has 0 aliphatic carbocycles. The Kier molecular flexibility index (Phi) is 5.08. The maximum absolute atomic E-state index is 12.5. The molecule has 0 saturated carbocycles. The van der Waals surface area contributed by atoms with E-state index in [1.807, 2.05) is 4.90 Å². The van der Waals surface area contributed by atoms with E-state index < -0.39 is 4.92 Å². The molecule has 9 heteroatoms. The molecule has 0 aromatic carbocycles. The molecule has 3 rings (SSSR count). The highest BCUT2D eigenvalue weighted by molar-refractivity contribution is 6.30. The Labute approximate surface area is 149 Å². The Bertz CT molecular complexity index is 766. The van der Waals surface area contributed by atoms with Crippen molar-refractivity contribution in [3.8, 4) is 0 Å². The van der Waals surface area contributed by atoms with Gasteiger partial charge in [0, 0.05) is 25.4 Å². The second-order valence-corrected chi connectivity index (χ2v) is 6.20. The molecule has 1 fully saturated rings. The smallest absolute Gasteiger partial charge is 0.287 e. The zero-order valence-corrected chi connectivity index (χ0v) is 14.0. The number of anilines is 2. The lowest BCUT2D eigenvalue weighted by Crippen LogP contribution is -2.41. The predicted molar refractivity (Wildman–Crippen MR) is 93.7 cm³/mol. The number of aromatic nitrogens is 2. The fourth-order valence-electron chi connectivity index (χ4n) is 2.75. The van der Waals surface area contributed by atoms with Gasteiger partial charge in [-0.15, -0.1) is 0 Å². The first-order valence-corrected chi connectivity index (χ1v) is 8.18. The van der Waals surface area contributed by atoms with Gasteiger partial charge in [-0.3, -0.25) is 14.9 Å². The lowest BCUT2D eigenvalue weighted by Gasteiger charge is -2.32. The summed E-state index contributed by atoms with van der Waals surface area (Å²) in [5, 5.41) is 14.0. The number of pyridine rings is 2. The van der Waals surface area contributed by atoms with Crippen molar-refractivity contribution in [1.29, 1.82) is 0 Å². The first kappa shape index (κ1) is 17.1. The second-order valence-electron chi connectivity index (χ2n) is 5.77. The number of rotatable bonds is 4. The van der Waals surface area contributed by atoms with E-state index in [9.17, 15) is 14.9 Å². The van der Waals surface area contributed by atoms with Crippen LogP contribution in [0.2, 0.25) is 5.02 Å². The second kappa shape index (κ2) is 7.43. The third kappa shape index (κ3) is 4.21. The average molecular weight is 362 g/mol. The predicted octanol–water partition coefficient (Wildman–Crippen LogP) is 2.89. The largest absolute Gasteiger partial charge is 0.356 e. The minimum atomic E-state index is -0.484. The van der Waals surface area contributed by atoms with E-state index in [1.165, 1.54) is 18.5 Å². The number of piperidine rings is 1. The topological polar surface area (TPSA) is 101 Å². The molecule has 2 aromatic heterocycles. The van der Waals surface area contributed by atoms with Gasteiger partial charge in [-0.25, -0.2) is 9.97 Å². The average Bonchev–Trinajstić information content (AvgIpc) is 2.64. The highest BCUT2D eigenvalue weighted by Crippen LogP contribution is 2.24. The molecule has 0 bridgehead atoms. The Morgan fingerprint density at radius 3 is 2.76 bits per heavy atom. The number of nitro groups is 1. The maximum atomic E-state index is 12.5. The van der Waals surface area contributed by atoms with Crippen molar-refractivity contribution in [2.45, 2.75) is 12.8 Å². The van der Waals surface area contributed by atoms with Crippen LogP contribution in [0.3, 0.4) is 0 Å². The molecular weight excluding hydrogens is 346 g/mol. The van der Waals surface area contributed by atoms with Crippen LogP contribution in [0.1, 0.15) is 12.8 Å². The van der Waals surface area contributed by atoms with Gasteiger partial charge in [-0.2, -0.15) is 0 Å². The lowest BCUT2D eigenvalue weighted by molar-refractivity contribution is -0.385. The van der Waals surface area contributed by atoms with Gasteiger partial charge >= 0.3 is 0 Å². The Balaban J connectivity index is 1.64. The molecule has 1 aliphatic heterocycles. The van der Waals surface area contributed by atoms with Gasteiger partial charge in [0.15, 0.2) is 0 Å². The van der Waals surface area contributed by atoms with Crippen LogP contribution in [0.5, 0.6) is 0 Å². The van der Waals surface area contributed by atoms with Crippen molar-refractivity contribution in [2.75, 3.05) is 23.3 Å². The fraction of sp³-hybridized carbons (Fsp3) is 0.312. The summed E-state index contributed by atoms with van der Waals surface area (Å²) in [5.74, 6) is 0.775. The third-order valence-electron chi connectivity index (χ3n) is 4.04. The van der Waals surface area contributed by atoms with E-state index in [4.69, 9.17) is 11.6 Å². The molecule has 3 heterocycles. The normalized spacial score (nSPS) is 17.2. The third-order valence-corrected chi connectivity index (χ3v) is 4.26.